The number of nitrogens with zero attached hydrogens (tertiary/aromatic N) is 4. The third kappa shape index (κ3) is 3.99. The van der Waals surface area contributed by atoms with E-state index in [9.17, 15) is 0 Å². The number of hydrogen-bond donors (Lipinski definition) is 1. The smallest absolute Gasteiger partial charge is 0.193 e. The molecule has 0 aliphatic carbocycles. The summed E-state index contributed by atoms with van der Waals surface area (Å²) in [5, 5.41) is 11.4. The van der Waals surface area contributed by atoms with Gasteiger partial charge in [0.15, 0.2) is 5.96 Å². The van der Waals surface area contributed by atoms with Crippen molar-refractivity contribution >= 4 is 27.4 Å². The molecule has 3 heterocycles. The van der Waals surface area contributed by atoms with Gasteiger partial charge in [0.2, 0.25) is 0 Å². The monoisotopic (exact) mass is 383 g/mol. The molecular formula is C20H25N5OS. The molecule has 142 valence electrons. The summed E-state index contributed by atoms with van der Waals surface area (Å²) in [5.74, 6) is 0.937. The number of aryl methyl sites for hydroxylation is 1. The Kier molecular flexibility index (Phi) is 5.40. The fourth-order valence-corrected chi connectivity index (χ4v) is 4.51. The van der Waals surface area contributed by atoms with Gasteiger partial charge >= 0.3 is 0 Å². The van der Waals surface area contributed by atoms with Gasteiger partial charge in [0.05, 0.1) is 19.3 Å². The zero-order valence-corrected chi connectivity index (χ0v) is 16.6. The molecule has 27 heavy (non-hydrogen) atoms. The van der Waals surface area contributed by atoms with Gasteiger partial charge in [-0.3, -0.25) is 9.67 Å². The van der Waals surface area contributed by atoms with Crippen molar-refractivity contribution in [1.82, 2.24) is 20.0 Å². The summed E-state index contributed by atoms with van der Waals surface area (Å²) >= 11 is 1.81. The van der Waals surface area contributed by atoms with Crippen LogP contribution in [-0.2, 0) is 18.2 Å². The first-order valence-electron chi connectivity index (χ1n) is 9.25. The summed E-state index contributed by atoms with van der Waals surface area (Å²) in [5.41, 5.74) is 2.51. The van der Waals surface area contributed by atoms with Crippen LogP contribution in [0.25, 0.3) is 10.1 Å². The van der Waals surface area contributed by atoms with Crippen molar-refractivity contribution in [2.75, 3.05) is 33.3 Å². The second-order valence-electron chi connectivity index (χ2n) is 6.73. The molecular weight excluding hydrogens is 358 g/mol. The summed E-state index contributed by atoms with van der Waals surface area (Å²) in [6.07, 6.45) is 4.92. The maximum atomic E-state index is 5.94. The normalized spacial score (nSPS) is 18.2. The first kappa shape index (κ1) is 18.0. The molecule has 3 aromatic rings. The number of aliphatic imine (C=N–C) groups is 1. The van der Waals surface area contributed by atoms with Gasteiger partial charge in [-0.1, -0.05) is 18.2 Å². The second-order valence-corrected chi connectivity index (χ2v) is 7.65. The molecule has 7 heteroatoms. The molecule has 2 aromatic heterocycles. The van der Waals surface area contributed by atoms with E-state index in [1.165, 1.54) is 15.6 Å². The number of morpholine rings is 1. The van der Waals surface area contributed by atoms with Crippen LogP contribution in [0.2, 0.25) is 0 Å². The largest absolute Gasteiger partial charge is 0.370 e. The fraction of sp³-hybridized carbons (Fsp3) is 0.400. The molecule has 0 saturated carbocycles. The molecule has 4 rings (SSSR count). The first-order chi connectivity index (χ1) is 13.2. The Morgan fingerprint density at radius 1 is 1.41 bits per heavy atom. The van der Waals surface area contributed by atoms with Gasteiger partial charge in [-0.2, -0.15) is 5.10 Å². The van der Waals surface area contributed by atoms with Crippen LogP contribution >= 0.6 is 11.3 Å². The minimum Gasteiger partial charge on any atom is -0.370 e. The molecule has 0 spiro atoms. The quantitative estimate of drug-likeness (QED) is 0.556. The van der Waals surface area contributed by atoms with Crippen LogP contribution in [0.3, 0.4) is 0 Å². The van der Waals surface area contributed by atoms with Gasteiger partial charge in [-0.25, -0.2) is 0 Å². The zero-order valence-electron chi connectivity index (χ0n) is 15.8. The zero-order chi connectivity index (χ0) is 18.6. The van der Waals surface area contributed by atoms with Crippen LogP contribution in [0.1, 0.15) is 17.2 Å². The summed E-state index contributed by atoms with van der Waals surface area (Å²) in [6.45, 7) is 3.18. The average molecular weight is 384 g/mol. The molecule has 6 nitrogen and oxygen atoms in total. The van der Waals surface area contributed by atoms with E-state index in [1.807, 2.05) is 42.5 Å². The molecule has 0 bridgehead atoms. The van der Waals surface area contributed by atoms with E-state index in [4.69, 9.17) is 4.74 Å². The molecule has 1 aromatic carbocycles. The van der Waals surface area contributed by atoms with E-state index in [2.05, 4.69) is 50.0 Å². The molecule has 1 aliphatic heterocycles. The molecule has 1 fully saturated rings. The van der Waals surface area contributed by atoms with Crippen LogP contribution in [0.5, 0.6) is 0 Å². The van der Waals surface area contributed by atoms with Crippen LogP contribution in [0.4, 0.5) is 0 Å². The fourth-order valence-electron chi connectivity index (χ4n) is 3.52. The molecule has 1 atom stereocenters. The number of ether oxygens (including phenoxy) is 1. The van der Waals surface area contributed by atoms with Gasteiger partial charge in [0.1, 0.15) is 6.10 Å². The van der Waals surface area contributed by atoms with Crippen molar-refractivity contribution < 1.29 is 4.74 Å². The predicted molar refractivity (Wildman–Crippen MR) is 110 cm³/mol. The molecule has 1 unspecified atom stereocenters. The number of thiophene rings is 1. The lowest BCUT2D eigenvalue weighted by molar-refractivity contribution is -0.00800. The minimum absolute atomic E-state index is 0.0341. The third-order valence-electron chi connectivity index (χ3n) is 4.91. The lowest BCUT2D eigenvalue weighted by Gasteiger charge is -2.34. The number of benzene rings is 1. The number of aromatic nitrogens is 2. The van der Waals surface area contributed by atoms with E-state index in [0.29, 0.717) is 6.61 Å². The Bertz CT molecular complexity index is 931. The van der Waals surface area contributed by atoms with Crippen LogP contribution in [0, 0.1) is 0 Å². The van der Waals surface area contributed by atoms with E-state index in [-0.39, 0.29) is 6.10 Å². The second kappa shape index (κ2) is 8.10. The minimum atomic E-state index is 0.0341. The number of nitrogens with one attached hydrogen (secondary N) is 1. The van der Waals surface area contributed by atoms with Crippen molar-refractivity contribution in [3.05, 3.63) is 53.2 Å². The van der Waals surface area contributed by atoms with Gasteiger partial charge in [0, 0.05) is 43.6 Å². The van der Waals surface area contributed by atoms with E-state index >= 15 is 0 Å². The lowest BCUT2D eigenvalue weighted by Crippen LogP contribution is -2.48. The van der Waals surface area contributed by atoms with Crippen LogP contribution in [-0.4, -0.2) is 53.9 Å². The maximum absolute atomic E-state index is 5.94. The Morgan fingerprint density at radius 2 is 2.30 bits per heavy atom. The highest BCUT2D eigenvalue weighted by molar-refractivity contribution is 7.17. The van der Waals surface area contributed by atoms with E-state index < -0.39 is 0 Å². The SMILES string of the molecule is CN=C(NCCc1csc2ccccc12)N1CCOC(c2cnn(C)c2)C1. The van der Waals surface area contributed by atoms with E-state index in [1.54, 1.807) is 0 Å². The molecule has 1 aliphatic rings. The number of fused-ring (bicyclic) bond motifs is 1. The maximum Gasteiger partial charge on any atom is 0.193 e. The van der Waals surface area contributed by atoms with Gasteiger partial charge in [-0.15, -0.1) is 11.3 Å². The van der Waals surface area contributed by atoms with Gasteiger partial charge in [0.25, 0.3) is 0 Å². The Labute approximate surface area is 163 Å². The number of rotatable bonds is 4. The van der Waals surface area contributed by atoms with Crippen molar-refractivity contribution in [2.45, 2.75) is 12.5 Å². The third-order valence-corrected chi connectivity index (χ3v) is 5.93. The van der Waals surface area contributed by atoms with Crippen molar-refractivity contribution in [1.29, 1.82) is 0 Å². The number of hydrogen-bond acceptors (Lipinski definition) is 4. The average Bonchev–Trinajstić information content (AvgIpc) is 3.32. The van der Waals surface area contributed by atoms with Gasteiger partial charge in [-0.05, 0) is 28.8 Å². The first-order valence-corrected chi connectivity index (χ1v) is 10.1. The van der Waals surface area contributed by atoms with Crippen LogP contribution in [0.15, 0.2) is 47.0 Å². The summed E-state index contributed by atoms with van der Waals surface area (Å²) in [6, 6.07) is 8.59. The molecule has 0 amide bonds. The Balaban J connectivity index is 1.36. The summed E-state index contributed by atoms with van der Waals surface area (Å²) < 4.78 is 9.10. The summed E-state index contributed by atoms with van der Waals surface area (Å²) in [4.78, 5) is 6.75. The van der Waals surface area contributed by atoms with E-state index in [0.717, 1.165) is 37.6 Å². The molecule has 0 radical (unpaired) electrons. The van der Waals surface area contributed by atoms with Crippen molar-refractivity contribution in [3.8, 4) is 0 Å². The highest BCUT2D eigenvalue weighted by atomic mass is 32.1. The Hall–Kier alpha value is -2.38. The molecule has 1 N–H and O–H groups in total. The van der Waals surface area contributed by atoms with Gasteiger partial charge < -0.3 is 15.0 Å². The highest BCUT2D eigenvalue weighted by Crippen LogP contribution is 2.26. The van der Waals surface area contributed by atoms with Crippen molar-refractivity contribution in [3.63, 3.8) is 0 Å². The predicted octanol–water partition coefficient (Wildman–Crippen LogP) is 2.83. The number of guanidine groups is 1. The van der Waals surface area contributed by atoms with Crippen LogP contribution < -0.4 is 5.32 Å². The topological polar surface area (TPSA) is 54.7 Å². The van der Waals surface area contributed by atoms with Crippen molar-refractivity contribution in [2.24, 2.45) is 12.0 Å². The standard InChI is InChI=1S/C20H25N5OS/c1-21-20(22-8-7-15-14-27-19-6-4-3-5-17(15)19)25-9-10-26-18(13-25)16-11-23-24(2)12-16/h3-6,11-12,14,18H,7-10,13H2,1-2H3,(H,21,22). The summed E-state index contributed by atoms with van der Waals surface area (Å²) in [7, 11) is 3.77. The Morgan fingerprint density at radius 3 is 3.11 bits per heavy atom. The highest BCUT2D eigenvalue weighted by Gasteiger charge is 2.25. The lowest BCUT2D eigenvalue weighted by atomic mass is 10.1. The molecule has 1 saturated heterocycles.